The van der Waals surface area contributed by atoms with E-state index in [1.165, 1.54) is 0 Å². The predicted molar refractivity (Wildman–Crippen MR) is 114 cm³/mol. The van der Waals surface area contributed by atoms with Gasteiger partial charge >= 0.3 is 0 Å². The van der Waals surface area contributed by atoms with Crippen molar-refractivity contribution in [1.29, 1.82) is 0 Å². The monoisotopic (exact) mass is 450 g/mol. The summed E-state index contributed by atoms with van der Waals surface area (Å²) in [7, 11) is -3.90. The topological polar surface area (TPSA) is 101 Å². The lowest BCUT2D eigenvalue weighted by atomic mass is 10.0. The number of halogens is 1. The van der Waals surface area contributed by atoms with E-state index in [2.05, 4.69) is 20.2 Å². The Hall–Kier alpha value is -2.33. The lowest BCUT2D eigenvalue weighted by Crippen LogP contribution is -2.26. The third-order valence-electron chi connectivity index (χ3n) is 4.34. The molecule has 1 unspecified atom stereocenters. The highest BCUT2D eigenvalue weighted by Gasteiger charge is 2.24. The Bertz CT molecular complexity index is 1160. The van der Waals surface area contributed by atoms with E-state index in [1.54, 1.807) is 31.2 Å². The van der Waals surface area contributed by atoms with Gasteiger partial charge in [0.15, 0.2) is 0 Å². The number of anilines is 1. The van der Waals surface area contributed by atoms with Crippen LogP contribution < -0.4 is 10.0 Å². The molecule has 0 radical (unpaired) electrons. The number of aromatic nitrogens is 2. The highest BCUT2D eigenvalue weighted by atomic mass is 35.5. The molecule has 3 rings (SSSR count). The Morgan fingerprint density at radius 1 is 1.10 bits per heavy atom. The molecule has 3 aromatic rings. The fourth-order valence-electron chi connectivity index (χ4n) is 2.56. The van der Waals surface area contributed by atoms with Gasteiger partial charge in [-0.1, -0.05) is 53.3 Å². The first-order valence-electron chi connectivity index (χ1n) is 8.66. The second kappa shape index (κ2) is 8.58. The summed E-state index contributed by atoms with van der Waals surface area (Å²) in [6.45, 7) is 5.72. The molecule has 1 amide bonds. The molecule has 1 heterocycles. The Balaban J connectivity index is 1.73. The molecule has 7 nitrogen and oxygen atoms in total. The number of hydrogen-bond donors (Lipinski definition) is 2. The van der Waals surface area contributed by atoms with Gasteiger partial charge in [-0.3, -0.25) is 10.1 Å². The number of rotatable bonds is 6. The van der Waals surface area contributed by atoms with E-state index in [1.807, 2.05) is 32.0 Å². The van der Waals surface area contributed by atoms with Crippen LogP contribution in [0.25, 0.3) is 0 Å². The van der Waals surface area contributed by atoms with Crippen molar-refractivity contribution in [3.63, 3.8) is 0 Å². The molecule has 0 aliphatic heterocycles. The normalized spacial score (nSPS) is 12.6. The number of aryl methyl sites for hydroxylation is 2. The third-order valence-corrected chi connectivity index (χ3v) is 7.41. The van der Waals surface area contributed by atoms with E-state index < -0.39 is 22.0 Å². The molecule has 0 saturated heterocycles. The molecular formula is C19H19ClN4O3S2. The lowest BCUT2D eigenvalue weighted by molar-refractivity contribution is 0.102. The molecule has 1 aromatic heterocycles. The summed E-state index contributed by atoms with van der Waals surface area (Å²) < 4.78 is 27.7. The third kappa shape index (κ3) is 4.99. The molecule has 0 saturated carbocycles. The maximum absolute atomic E-state index is 12.7. The smallest absolute Gasteiger partial charge is 0.270 e. The van der Waals surface area contributed by atoms with E-state index in [0.29, 0.717) is 0 Å². The average molecular weight is 451 g/mol. The van der Waals surface area contributed by atoms with Gasteiger partial charge < -0.3 is 0 Å². The van der Waals surface area contributed by atoms with E-state index in [4.69, 9.17) is 11.6 Å². The minimum Gasteiger partial charge on any atom is -0.296 e. The Morgan fingerprint density at radius 3 is 2.52 bits per heavy atom. The Labute approximate surface area is 178 Å². The van der Waals surface area contributed by atoms with Gasteiger partial charge in [0.05, 0.1) is 10.6 Å². The van der Waals surface area contributed by atoms with Crippen molar-refractivity contribution in [1.82, 2.24) is 14.9 Å². The van der Waals surface area contributed by atoms with Crippen molar-refractivity contribution < 1.29 is 13.2 Å². The zero-order valence-corrected chi connectivity index (χ0v) is 18.3. The van der Waals surface area contributed by atoms with Crippen molar-refractivity contribution in [2.24, 2.45) is 0 Å². The molecule has 0 fully saturated rings. The van der Waals surface area contributed by atoms with E-state index in [9.17, 15) is 13.2 Å². The van der Waals surface area contributed by atoms with Gasteiger partial charge in [0, 0.05) is 6.04 Å². The summed E-state index contributed by atoms with van der Waals surface area (Å²) in [5, 5.41) is 10.3. The first-order chi connectivity index (χ1) is 13.7. The van der Waals surface area contributed by atoms with Crippen molar-refractivity contribution >= 4 is 44.0 Å². The number of amides is 1. The highest BCUT2D eigenvalue weighted by Crippen LogP contribution is 2.24. The summed E-state index contributed by atoms with van der Waals surface area (Å²) in [6.07, 6.45) is 0. The van der Waals surface area contributed by atoms with Gasteiger partial charge in [0.1, 0.15) is 0 Å². The predicted octanol–water partition coefficient (Wildman–Crippen LogP) is 4.10. The van der Waals surface area contributed by atoms with Gasteiger partial charge in [-0.25, -0.2) is 13.1 Å². The van der Waals surface area contributed by atoms with Crippen LogP contribution in [0, 0.1) is 13.8 Å². The second-order valence-corrected chi connectivity index (χ2v) is 9.77. The fourth-order valence-corrected chi connectivity index (χ4v) is 4.93. The van der Waals surface area contributed by atoms with Crippen LogP contribution in [-0.2, 0) is 10.0 Å². The molecule has 0 bridgehead atoms. The number of carbonyl (C=O) groups excluding carboxylic acids is 1. The van der Waals surface area contributed by atoms with Gasteiger partial charge in [0.25, 0.3) is 15.9 Å². The molecule has 29 heavy (non-hydrogen) atoms. The van der Waals surface area contributed by atoms with Crippen molar-refractivity contribution in [2.75, 3.05) is 5.32 Å². The summed E-state index contributed by atoms with van der Waals surface area (Å²) >= 11 is 6.76. The number of nitrogens with one attached hydrogen (secondary N) is 2. The van der Waals surface area contributed by atoms with E-state index in [-0.39, 0.29) is 20.1 Å². The van der Waals surface area contributed by atoms with E-state index in [0.717, 1.165) is 28.0 Å². The molecule has 0 spiro atoms. The number of sulfonamides is 1. The van der Waals surface area contributed by atoms with Gasteiger partial charge in [-0.2, -0.15) is 0 Å². The van der Waals surface area contributed by atoms with E-state index >= 15 is 0 Å². The molecule has 10 heteroatoms. The summed E-state index contributed by atoms with van der Waals surface area (Å²) in [4.78, 5) is 12.3. The minimum atomic E-state index is -3.90. The first kappa shape index (κ1) is 21.4. The van der Waals surface area contributed by atoms with Crippen LogP contribution in [0.15, 0.2) is 46.8 Å². The lowest BCUT2D eigenvalue weighted by Gasteiger charge is -2.14. The first-order valence-corrected chi connectivity index (χ1v) is 11.3. The molecular weight excluding hydrogens is 432 g/mol. The van der Waals surface area contributed by atoms with Crippen LogP contribution in [0.5, 0.6) is 0 Å². The van der Waals surface area contributed by atoms with Crippen LogP contribution in [0.3, 0.4) is 0 Å². The van der Waals surface area contributed by atoms with Gasteiger partial charge in [-0.15, -0.1) is 10.2 Å². The number of hydrogen-bond acceptors (Lipinski definition) is 6. The average Bonchev–Trinajstić information content (AvgIpc) is 3.13. The van der Waals surface area contributed by atoms with Gasteiger partial charge in [0.2, 0.25) is 9.47 Å². The number of carbonyl (C=O) groups is 1. The standard InChI is InChI=1S/C19H19ClN4O3S2/c1-11-8-9-14(10-12(11)2)13(3)24-29(26,27)19-23-22-18(28-19)21-17(25)15-6-4-5-7-16(15)20/h4-10,13,24H,1-3H3,(H,21,22,25). The molecule has 0 aliphatic carbocycles. The molecule has 152 valence electrons. The zero-order chi connectivity index (χ0) is 21.2. The van der Waals surface area contributed by atoms with Gasteiger partial charge in [-0.05, 0) is 49.6 Å². The van der Waals surface area contributed by atoms with Crippen LogP contribution in [0.2, 0.25) is 5.02 Å². The van der Waals surface area contributed by atoms with Crippen molar-refractivity contribution in [2.45, 2.75) is 31.2 Å². The van der Waals surface area contributed by atoms with Crippen molar-refractivity contribution in [3.8, 4) is 0 Å². The Morgan fingerprint density at radius 2 is 1.83 bits per heavy atom. The van der Waals surface area contributed by atoms with Crippen LogP contribution in [0.4, 0.5) is 5.13 Å². The maximum Gasteiger partial charge on any atom is 0.270 e. The quantitative estimate of drug-likeness (QED) is 0.550. The molecule has 2 aromatic carbocycles. The number of benzene rings is 2. The summed E-state index contributed by atoms with van der Waals surface area (Å²) in [5.41, 5.74) is 3.31. The molecule has 0 aliphatic rings. The SMILES string of the molecule is Cc1ccc(C(C)NS(=O)(=O)c2nnc(NC(=O)c3ccccc3Cl)s2)cc1C. The number of nitrogens with zero attached hydrogens (tertiary/aromatic N) is 2. The zero-order valence-electron chi connectivity index (χ0n) is 15.9. The molecule has 2 N–H and O–H groups in total. The fraction of sp³-hybridized carbons (Fsp3) is 0.211. The van der Waals surface area contributed by atoms with Crippen molar-refractivity contribution in [3.05, 3.63) is 69.7 Å². The van der Waals surface area contributed by atoms with Crippen LogP contribution in [-0.4, -0.2) is 24.5 Å². The van der Waals surface area contributed by atoms with Crippen LogP contribution in [0.1, 0.15) is 40.0 Å². The Kier molecular flexibility index (Phi) is 6.33. The maximum atomic E-state index is 12.7. The molecule has 1 atom stereocenters. The highest BCUT2D eigenvalue weighted by molar-refractivity contribution is 7.91. The summed E-state index contributed by atoms with van der Waals surface area (Å²) in [5.74, 6) is -0.493. The minimum absolute atomic E-state index is 0.0640. The second-order valence-electron chi connectivity index (χ2n) is 6.49. The largest absolute Gasteiger partial charge is 0.296 e. The summed E-state index contributed by atoms with van der Waals surface area (Å²) in [6, 6.07) is 11.8. The van der Waals surface area contributed by atoms with Crippen LogP contribution >= 0.6 is 22.9 Å².